The van der Waals surface area contributed by atoms with Crippen molar-refractivity contribution < 1.29 is 19.4 Å². The number of carbonyl (C=O) groups is 1. The normalized spacial score (nSPS) is 9.08. The van der Waals surface area contributed by atoms with Gasteiger partial charge in [-0.05, 0) is 47.8 Å². The second-order valence-corrected chi connectivity index (χ2v) is 9.01. The lowest BCUT2D eigenvalue weighted by Crippen LogP contribution is -2.53. The molecule has 0 saturated carbocycles. The smallest absolute Gasteiger partial charge is 0.340 e. The minimum absolute atomic E-state index is 0.000000000000000444. The van der Waals surface area contributed by atoms with Crippen LogP contribution >= 0.6 is 34.8 Å². The highest BCUT2D eigenvalue weighted by Gasteiger charge is 2.14. The van der Waals surface area contributed by atoms with Gasteiger partial charge in [-0.1, -0.05) is 56.7 Å². The van der Waals surface area contributed by atoms with E-state index < -0.39 is 17.1 Å². The Morgan fingerprint density at radius 3 is 1.31 bits per heavy atom. The zero-order valence-electron chi connectivity index (χ0n) is 26.7. The molecule has 0 atom stereocenters. The molecule has 3 heterocycles. The van der Waals surface area contributed by atoms with Crippen molar-refractivity contribution in [2.24, 2.45) is 0 Å². The van der Waals surface area contributed by atoms with E-state index in [2.05, 4.69) is 76.0 Å². The van der Waals surface area contributed by atoms with Crippen molar-refractivity contribution in [2.45, 2.75) is 20.0 Å². The van der Waals surface area contributed by atoms with Crippen LogP contribution in [0.3, 0.4) is 0 Å². The van der Waals surface area contributed by atoms with Crippen LogP contribution in [0.2, 0.25) is 15.9 Å². The number of hydrogen-bond acceptors (Lipinski definition) is 13. The largest absolute Gasteiger partial charge is 0.459 e. The molecule has 1 N–H and O–H groups in total. The predicted molar refractivity (Wildman–Crippen MR) is 191 cm³/mol. The van der Waals surface area contributed by atoms with Gasteiger partial charge in [-0.15, -0.1) is 24.7 Å². The Labute approximate surface area is 297 Å². The van der Waals surface area contributed by atoms with E-state index in [1.165, 1.54) is 31.2 Å². The number of aliphatic hydroxyl groups is 1. The molecule has 0 amide bonds. The Morgan fingerprint density at radius 1 is 0.673 bits per heavy atom. The van der Waals surface area contributed by atoms with Crippen LogP contribution < -0.4 is 26.5 Å². The summed E-state index contributed by atoms with van der Waals surface area (Å²) in [4.78, 5) is 66.2. The summed E-state index contributed by atoms with van der Waals surface area (Å²) in [5, 5.41) is 7.76. The van der Waals surface area contributed by atoms with Gasteiger partial charge in [0, 0.05) is 5.70 Å². The maximum atomic E-state index is 12.0. The Bertz CT molecular complexity index is 1630. The molecule has 19 heteroatoms. The van der Waals surface area contributed by atoms with E-state index in [0.717, 1.165) is 13.7 Å². The number of ether oxygens (including phenoxy) is 2. The van der Waals surface area contributed by atoms with Crippen LogP contribution in [0, 0.1) is 0 Å². The monoisotopic (exact) mass is 739 g/mol. The minimum Gasteiger partial charge on any atom is -0.459 e. The van der Waals surface area contributed by atoms with Gasteiger partial charge in [0.25, 0.3) is 0 Å². The molecule has 0 aliphatic carbocycles. The first kappa shape index (κ1) is 45.8. The molecule has 3 aromatic rings. The lowest BCUT2D eigenvalue weighted by atomic mass is 10.5. The number of aromatic nitrogens is 9. The van der Waals surface area contributed by atoms with Gasteiger partial charge in [-0.25, -0.2) is 28.1 Å². The zero-order chi connectivity index (χ0) is 37.9. The highest BCUT2D eigenvalue weighted by Crippen LogP contribution is 2.11. The van der Waals surface area contributed by atoms with E-state index in [9.17, 15) is 14.4 Å². The highest BCUT2D eigenvalue weighted by atomic mass is 35.5. The van der Waals surface area contributed by atoms with Crippen molar-refractivity contribution in [1.29, 1.82) is 0 Å². The van der Waals surface area contributed by atoms with Crippen LogP contribution in [-0.2, 0) is 17.9 Å². The molecule has 0 aliphatic rings. The van der Waals surface area contributed by atoms with Gasteiger partial charge in [0.05, 0.1) is 19.7 Å². The quantitative estimate of drug-likeness (QED) is 0.250. The topological polar surface area (TPSA) is 199 Å². The van der Waals surface area contributed by atoms with Crippen LogP contribution in [0.1, 0.15) is 12.7 Å². The average molecular weight is 741 g/mol. The fourth-order valence-corrected chi connectivity index (χ4v) is 3.28. The van der Waals surface area contributed by atoms with Crippen molar-refractivity contribution in [3.05, 3.63) is 130 Å². The maximum Gasteiger partial charge on any atom is 0.340 e. The van der Waals surface area contributed by atoms with Crippen molar-refractivity contribution in [1.82, 2.24) is 43.6 Å². The Morgan fingerprint density at radius 2 is 1.04 bits per heavy atom. The first-order valence-electron chi connectivity index (χ1n) is 13.3. The van der Waals surface area contributed by atoms with Crippen molar-refractivity contribution in [3.8, 4) is 12.0 Å². The number of aliphatic hydroxyl groups excluding tert-OH is 1. The van der Waals surface area contributed by atoms with Gasteiger partial charge in [0.15, 0.2) is 5.82 Å². The van der Waals surface area contributed by atoms with Gasteiger partial charge >= 0.3 is 29.1 Å². The average Bonchev–Trinajstić information content (AvgIpc) is 3.07. The van der Waals surface area contributed by atoms with Crippen molar-refractivity contribution in [2.75, 3.05) is 19.8 Å². The van der Waals surface area contributed by atoms with Crippen LogP contribution in [-0.4, -0.2) is 75.3 Å². The summed E-state index contributed by atoms with van der Waals surface area (Å²) >= 11 is 16.0. The molecular formula is C30H36Cl3N9O7. The van der Waals surface area contributed by atoms with Crippen LogP contribution in [0.15, 0.2) is 90.8 Å². The van der Waals surface area contributed by atoms with E-state index in [1.54, 1.807) is 12.2 Å². The third-order valence-corrected chi connectivity index (χ3v) is 4.96. The Balaban J connectivity index is 0. The first-order valence-corrected chi connectivity index (χ1v) is 14.4. The molecular weight excluding hydrogens is 705 g/mol. The van der Waals surface area contributed by atoms with E-state index in [0.29, 0.717) is 19.0 Å². The Kier molecular flexibility index (Phi) is 25.0. The summed E-state index contributed by atoms with van der Waals surface area (Å²) in [6.07, 6.45) is 8.94. The summed E-state index contributed by atoms with van der Waals surface area (Å²) in [6, 6.07) is 0.368. The molecule has 0 aliphatic heterocycles. The van der Waals surface area contributed by atoms with Crippen molar-refractivity contribution in [3.63, 3.8) is 0 Å². The number of hydrogen-bond donors (Lipinski definition) is 1. The van der Waals surface area contributed by atoms with E-state index in [4.69, 9.17) is 54.2 Å². The van der Waals surface area contributed by atoms with Gasteiger partial charge < -0.3 is 19.4 Å². The molecule has 0 radical (unpaired) electrons. The summed E-state index contributed by atoms with van der Waals surface area (Å²) in [7, 11) is 0. The fourth-order valence-electron chi connectivity index (χ4n) is 2.67. The number of allylic oxidation sites excluding steroid dienone is 3. The molecule has 3 aromatic heterocycles. The highest BCUT2D eigenvalue weighted by molar-refractivity contribution is 6.33. The van der Waals surface area contributed by atoms with E-state index in [1.807, 2.05) is 6.79 Å². The standard InChI is InChI=1S/C12H15N3O3.C11H13N3O2.C3Cl3N3.C3H6O.CH2O/c1-5-7-13-10(16)14(8-6-2)12(18)15(9(3)4)11(13)17;1-4-7-15-10-12-9(6-3)13-11(14-10)16-8-5-2;4-1-7-2(5)9-3(6)8-1;1-2-3-4;1-2/h5-6H,1-3,7-8H2,4H3;4-6H,1-3,7-8H2;;2,4H,1,3H2;1H2. The SMILES string of the molecule is C=CCO.C=CCOc1nc(C=C)nc(OCC=C)n1.C=CCn1c(=O)n(CC=C)c(=O)n(C(=C)C)c1=O.C=O.Clc1nc(Cl)nc(Cl)n1. The van der Waals surface area contributed by atoms with Crippen molar-refractivity contribution >= 4 is 53.4 Å². The zero-order valence-corrected chi connectivity index (χ0v) is 29.0. The van der Waals surface area contributed by atoms with E-state index in [-0.39, 0.29) is 53.3 Å². The molecule has 0 saturated heterocycles. The number of nitrogens with zero attached hydrogens (tertiary/aromatic N) is 9. The Hall–Kier alpha value is -5.29. The van der Waals surface area contributed by atoms with Crippen LogP contribution in [0.4, 0.5) is 0 Å². The summed E-state index contributed by atoms with van der Waals surface area (Å²) in [5.74, 6) is 0.396. The molecule has 0 bridgehead atoms. The lowest BCUT2D eigenvalue weighted by Gasteiger charge is -2.11. The second kappa shape index (κ2) is 26.7. The van der Waals surface area contributed by atoms with Gasteiger partial charge in [-0.3, -0.25) is 0 Å². The number of rotatable bonds is 13. The molecule has 0 fully saturated rings. The predicted octanol–water partition coefficient (Wildman–Crippen LogP) is 3.49. The first-order chi connectivity index (χ1) is 23.3. The third-order valence-electron chi connectivity index (χ3n) is 4.45. The lowest BCUT2D eigenvalue weighted by molar-refractivity contribution is -0.0980. The summed E-state index contributed by atoms with van der Waals surface area (Å²) in [5.41, 5.74) is -1.85. The minimum atomic E-state index is -0.710. The van der Waals surface area contributed by atoms with Gasteiger partial charge in [0.1, 0.15) is 20.0 Å². The molecule has 3 rings (SSSR count). The second-order valence-electron chi connectivity index (χ2n) is 7.99. The van der Waals surface area contributed by atoms with E-state index >= 15 is 0 Å². The number of halogens is 3. The molecule has 0 unspecified atom stereocenters. The molecule has 0 aromatic carbocycles. The third kappa shape index (κ3) is 17.4. The van der Waals surface area contributed by atoms with Gasteiger partial charge in [-0.2, -0.15) is 24.9 Å². The number of carbonyl (C=O) groups excluding carboxylic acids is 1. The fraction of sp³-hybridized carbons (Fsp3) is 0.200. The molecule has 0 spiro atoms. The van der Waals surface area contributed by atoms with Crippen LogP contribution in [0.5, 0.6) is 12.0 Å². The summed E-state index contributed by atoms with van der Waals surface area (Å²) < 4.78 is 13.1. The molecule has 16 nitrogen and oxygen atoms in total. The maximum absolute atomic E-state index is 12.0. The van der Waals surface area contributed by atoms with Gasteiger partial charge in [0.2, 0.25) is 15.9 Å². The summed E-state index contributed by atoms with van der Waals surface area (Å²) in [6.45, 7) is 28.7. The van der Waals surface area contributed by atoms with Crippen LogP contribution in [0.25, 0.3) is 11.8 Å². The molecule has 49 heavy (non-hydrogen) atoms. The molecule has 264 valence electrons.